The number of rotatable bonds is 0. The van der Waals surface area contributed by atoms with Gasteiger partial charge >= 0.3 is 0 Å². The van der Waals surface area contributed by atoms with Gasteiger partial charge in [0.1, 0.15) is 0 Å². The molecule has 0 aliphatic carbocycles. The summed E-state index contributed by atoms with van der Waals surface area (Å²) in [6, 6.07) is 0. The molecule has 0 bridgehead atoms. The van der Waals surface area contributed by atoms with Crippen molar-refractivity contribution in [3.63, 3.8) is 0 Å². The highest BCUT2D eigenvalue weighted by atomic mass is 79.9. The van der Waals surface area contributed by atoms with Gasteiger partial charge in [0.05, 0.1) is 12.4 Å². The zero-order chi connectivity index (χ0) is 5.98. The SMILES string of the molecule is CC1CCC(Br)=CO1. The van der Waals surface area contributed by atoms with E-state index in [4.69, 9.17) is 4.74 Å². The first-order valence-corrected chi connectivity index (χ1v) is 3.58. The van der Waals surface area contributed by atoms with Gasteiger partial charge < -0.3 is 4.74 Å². The van der Waals surface area contributed by atoms with Gasteiger partial charge in [-0.05, 0) is 19.8 Å². The van der Waals surface area contributed by atoms with Crippen molar-refractivity contribution in [1.29, 1.82) is 0 Å². The minimum atomic E-state index is 0.413. The van der Waals surface area contributed by atoms with E-state index in [1.807, 2.05) is 0 Å². The second-order valence-corrected chi connectivity index (χ2v) is 3.07. The summed E-state index contributed by atoms with van der Waals surface area (Å²) in [5.41, 5.74) is 0. The van der Waals surface area contributed by atoms with E-state index in [9.17, 15) is 0 Å². The molecule has 1 unspecified atom stereocenters. The molecule has 2 heteroatoms. The maximum atomic E-state index is 5.18. The lowest BCUT2D eigenvalue weighted by atomic mass is 10.2. The molecule has 0 spiro atoms. The summed E-state index contributed by atoms with van der Waals surface area (Å²) < 4.78 is 6.36. The van der Waals surface area contributed by atoms with Crippen molar-refractivity contribution in [3.05, 3.63) is 10.7 Å². The highest BCUT2D eigenvalue weighted by molar-refractivity contribution is 9.11. The highest BCUT2D eigenvalue weighted by Gasteiger charge is 2.07. The van der Waals surface area contributed by atoms with Crippen LogP contribution in [0.1, 0.15) is 19.8 Å². The average Bonchev–Trinajstić information content (AvgIpc) is 1.77. The summed E-state index contributed by atoms with van der Waals surface area (Å²) in [5, 5.41) is 0. The highest BCUT2D eigenvalue weighted by Crippen LogP contribution is 2.20. The van der Waals surface area contributed by atoms with Crippen LogP contribution in [0.2, 0.25) is 0 Å². The predicted octanol–water partition coefficient (Wildman–Crippen LogP) is 2.42. The molecule has 1 aliphatic heterocycles. The molecule has 0 amide bonds. The van der Waals surface area contributed by atoms with Crippen LogP contribution in [0.3, 0.4) is 0 Å². The van der Waals surface area contributed by atoms with Crippen LogP contribution in [0.4, 0.5) is 0 Å². The van der Waals surface area contributed by atoms with Crippen molar-refractivity contribution in [2.45, 2.75) is 25.9 Å². The Kier molecular flexibility index (Phi) is 1.95. The Balaban J connectivity index is 2.42. The van der Waals surface area contributed by atoms with Crippen LogP contribution in [0.15, 0.2) is 10.7 Å². The fourth-order valence-corrected chi connectivity index (χ4v) is 0.995. The molecular formula is C6H9BrO. The van der Waals surface area contributed by atoms with Gasteiger partial charge in [-0.15, -0.1) is 0 Å². The first-order chi connectivity index (χ1) is 3.79. The van der Waals surface area contributed by atoms with E-state index >= 15 is 0 Å². The third kappa shape index (κ3) is 1.51. The molecule has 8 heavy (non-hydrogen) atoms. The molecule has 0 fully saturated rings. The molecule has 0 saturated heterocycles. The van der Waals surface area contributed by atoms with E-state index in [0.717, 1.165) is 12.8 Å². The molecule has 1 aliphatic rings. The maximum absolute atomic E-state index is 5.18. The summed E-state index contributed by atoms with van der Waals surface area (Å²) in [6.45, 7) is 2.08. The fourth-order valence-electron chi connectivity index (χ4n) is 0.658. The molecule has 1 heterocycles. The normalized spacial score (nSPS) is 28.8. The van der Waals surface area contributed by atoms with Crippen molar-refractivity contribution >= 4 is 15.9 Å². The van der Waals surface area contributed by atoms with Gasteiger partial charge in [-0.1, -0.05) is 15.9 Å². The Morgan fingerprint density at radius 3 is 3.00 bits per heavy atom. The Hall–Kier alpha value is 0.0200. The lowest BCUT2D eigenvalue weighted by Crippen LogP contribution is -2.07. The monoisotopic (exact) mass is 176 g/mol. The van der Waals surface area contributed by atoms with Crippen LogP contribution in [0.5, 0.6) is 0 Å². The van der Waals surface area contributed by atoms with Crippen molar-refractivity contribution in [1.82, 2.24) is 0 Å². The van der Waals surface area contributed by atoms with Gasteiger partial charge in [0.25, 0.3) is 0 Å². The largest absolute Gasteiger partial charge is 0.497 e. The summed E-state index contributed by atoms with van der Waals surface area (Å²) in [5.74, 6) is 0. The number of hydrogen-bond donors (Lipinski definition) is 0. The summed E-state index contributed by atoms with van der Waals surface area (Å²) >= 11 is 3.35. The van der Waals surface area contributed by atoms with E-state index in [1.165, 1.54) is 4.48 Å². The van der Waals surface area contributed by atoms with Crippen LogP contribution < -0.4 is 0 Å². The minimum Gasteiger partial charge on any atom is -0.497 e. The molecule has 0 aromatic carbocycles. The van der Waals surface area contributed by atoms with Crippen LogP contribution in [0, 0.1) is 0 Å². The van der Waals surface area contributed by atoms with Gasteiger partial charge in [0, 0.05) is 4.48 Å². The summed E-state index contributed by atoms with van der Waals surface area (Å²) in [4.78, 5) is 0. The van der Waals surface area contributed by atoms with Gasteiger partial charge in [-0.25, -0.2) is 0 Å². The molecule has 0 saturated carbocycles. The molecule has 1 rings (SSSR count). The minimum absolute atomic E-state index is 0.413. The molecule has 0 aromatic rings. The standard InChI is InChI=1S/C6H9BrO/c1-5-2-3-6(7)4-8-5/h4-5H,2-3H2,1H3. The Morgan fingerprint density at radius 1 is 1.88 bits per heavy atom. The zero-order valence-electron chi connectivity index (χ0n) is 4.86. The first kappa shape index (κ1) is 6.14. The lowest BCUT2D eigenvalue weighted by Gasteiger charge is -2.15. The van der Waals surface area contributed by atoms with Gasteiger partial charge in [-0.2, -0.15) is 0 Å². The van der Waals surface area contributed by atoms with Crippen molar-refractivity contribution in [2.24, 2.45) is 0 Å². The van der Waals surface area contributed by atoms with Gasteiger partial charge in [-0.3, -0.25) is 0 Å². The van der Waals surface area contributed by atoms with Crippen molar-refractivity contribution in [2.75, 3.05) is 0 Å². The van der Waals surface area contributed by atoms with E-state index < -0.39 is 0 Å². The third-order valence-electron chi connectivity index (χ3n) is 1.22. The van der Waals surface area contributed by atoms with Crippen molar-refractivity contribution < 1.29 is 4.74 Å². The van der Waals surface area contributed by atoms with Gasteiger partial charge in [0.2, 0.25) is 0 Å². The van der Waals surface area contributed by atoms with E-state index in [0.29, 0.717) is 6.10 Å². The van der Waals surface area contributed by atoms with Crippen LogP contribution in [-0.4, -0.2) is 6.10 Å². The Bertz CT molecular complexity index is 109. The lowest BCUT2D eigenvalue weighted by molar-refractivity contribution is 0.140. The van der Waals surface area contributed by atoms with Gasteiger partial charge in [0.15, 0.2) is 0 Å². The van der Waals surface area contributed by atoms with E-state index in [2.05, 4.69) is 22.9 Å². The first-order valence-electron chi connectivity index (χ1n) is 2.79. The van der Waals surface area contributed by atoms with E-state index in [1.54, 1.807) is 6.26 Å². The topological polar surface area (TPSA) is 9.23 Å². The number of allylic oxidation sites excluding steroid dienone is 1. The predicted molar refractivity (Wildman–Crippen MR) is 36.8 cm³/mol. The molecule has 0 radical (unpaired) electrons. The Morgan fingerprint density at radius 2 is 2.62 bits per heavy atom. The van der Waals surface area contributed by atoms with Crippen molar-refractivity contribution in [3.8, 4) is 0 Å². The molecular weight excluding hydrogens is 168 g/mol. The average molecular weight is 177 g/mol. The second kappa shape index (κ2) is 2.53. The molecule has 0 N–H and O–H groups in total. The Labute approximate surface area is 57.8 Å². The zero-order valence-corrected chi connectivity index (χ0v) is 6.44. The number of ether oxygens (including phenoxy) is 1. The molecule has 46 valence electrons. The molecule has 1 atom stereocenters. The number of halogens is 1. The smallest absolute Gasteiger partial charge is 0.0954 e. The van der Waals surface area contributed by atoms with Crippen LogP contribution >= 0.6 is 15.9 Å². The second-order valence-electron chi connectivity index (χ2n) is 2.05. The maximum Gasteiger partial charge on any atom is 0.0954 e. The van der Waals surface area contributed by atoms with E-state index in [-0.39, 0.29) is 0 Å². The van der Waals surface area contributed by atoms with Crippen LogP contribution in [0.25, 0.3) is 0 Å². The quantitative estimate of drug-likeness (QED) is 0.552. The number of hydrogen-bond acceptors (Lipinski definition) is 1. The van der Waals surface area contributed by atoms with Crippen LogP contribution in [-0.2, 0) is 4.74 Å². The summed E-state index contributed by atoms with van der Waals surface area (Å²) in [6.07, 6.45) is 4.46. The third-order valence-corrected chi connectivity index (χ3v) is 1.80. The molecule has 1 nitrogen and oxygen atoms in total. The summed E-state index contributed by atoms with van der Waals surface area (Å²) in [7, 11) is 0. The molecule has 0 aromatic heterocycles. The fraction of sp³-hybridized carbons (Fsp3) is 0.667.